The van der Waals surface area contributed by atoms with Crippen molar-refractivity contribution in [2.75, 3.05) is 5.32 Å². The number of phenolic OH excluding ortho intramolecular Hbond substituents is 1. The zero-order valence-electron chi connectivity index (χ0n) is 14.2. The highest BCUT2D eigenvalue weighted by Gasteiger charge is 2.25. The van der Waals surface area contributed by atoms with E-state index in [0.29, 0.717) is 15.7 Å². The summed E-state index contributed by atoms with van der Waals surface area (Å²) in [6, 6.07) is 11.7. The first-order chi connectivity index (χ1) is 12.8. The third kappa shape index (κ3) is 6.41. The number of aliphatic carboxylic acids is 1. The van der Waals surface area contributed by atoms with Crippen LogP contribution in [0.5, 0.6) is 5.75 Å². The molecule has 142 valence electrons. The molecule has 3 N–H and O–H groups in total. The number of carbonyl (C=O) groups is 2. The number of rotatable bonds is 6. The fourth-order valence-electron chi connectivity index (χ4n) is 2.34. The number of aromatic hydroxyl groups is 1. The Kier molecular flexibility index (Phi) is 7.44. The van der Waals surface area contributed by atoms with Crippen molar-refractivity contribution in [1.29, 1.82) is 0 Å². The summed E-state index contributed by atoms with van der Waals surface area (Å²) in [5.74, 6) is -1.68. The molecule has 2 rings (SSSR count). The molecule has 0 unspecified atom stereocenters. The van der Waals surface area contributed by atoms with Crippen LogP contribution in [0.4, 0.5) is 10.5 Å². The van der Waals surface area contributed by atoms with Gasteiger partial charge in [0.25, 0.3) is 0 Å². The third-order valence-electron chi connectivity index (χ3n) is 3.64. The molecule has 2 atom stereocenters. The lowest BCUT2D eigenvalue weighted by atomic mass is 9.96. The minimum Gasteiger partial charge on any atom is -0.508 e. The molecule has 0 fully saturated rings. The van der Waals surface area contributed by atoms with Gasteiger partial charge in [0.05, 0.1) is 0 Å². The lowest BCUT2D eigenvalue weighted by Gasteiger charge is -2.23. The fourth-order valence-corrected chi connectivity index (χ4v) is 2.98. The maximum atomic E-state index is 12.3. The van der Waals surface area contributed by atoms with Crippen LogP contribution >= 0.6 is 31.9 Å². The van der Waals surface area contributed by atoms with Gasteiger partial charge in [0.15, 0.2) is 0 Å². The highest BCUT2D eigenvalue weighted by Crippen LogP contribution is 2.35. The van der Waals surface area contributed by atoms with Gasteiger partial charge in [-0.15, -0.1) is 0 Å². The predicted octanol–water partition coefficient (Wildman–Crippen LogP) is 5.48. The quantitative estimate of drug-likeness (QED) is 0.458. The van der Waals surface area contributed by atoms with Gasteiger partial charge in [-0.05, 0) is 42.5 Å². The average Bonchev–Trinajstić information content (AvgIpc) is 2.62. The molecule has 27 heavy (non-hydrogen) atoms. The molecule has 0 aliphatic rings. The van der Waals surface area contributed by atoms with E-state index in [0.717, 1.165) is 10.5 Å². The smallest absolute Gasteiger partial charge is 0.412 e. The van der Waals surface area contributed by atoms with Crippen LogP contribution in [-0.4, -0.2) is 22.3 Å². The highest BCUT2D eigenvalue weighted by atomic mass is 79.9. The molecule has 6 nitrogen and oxygen atoms in total. The van der Waals surface area contributed by atoms with Crippen molar-refractivity contribution in [2.45, 2.75) is 13.0 Å². The molecule has 0 aromatic heterocycles. The molecule has 0 saturated heterocycles. The van der Waals surface area contributed by atoms with Crippen molar-refractivity contribution in [3.63, 3.8) is 0 Å². The van der Waals surface area contributed by atoms with Gasteiger partial charge in [0.1, 0.15) is 11.9 Å². The Labute approximate surface area is 173 Å². The van der Waals surface area contributed by atoms with Crippen LogP contribution in [0.2, 0.25) is 0 Å². The van der Waals surface area contributed by atoms with Crippen LogP contribution in [0.3, 0.4) is 0 Å². The molecule has 2 aromatic carbocycles. The first-order valence-electron chi connectivity index (χ1n) is 7.89. The molecular weight excluding hydrogens is 482 g/mol. The van der Waals surface area contributed by atoms with E-state index >= 15 is 0 Å². The SMILES string of the molecule is C[C@H](/C=C/C(=O)O)[C@H](OC(=O)Nc1ccc(Br)cc1)c1cc(Br)ccc1O. The van der Waals surface area contributed by atoms with Crippen molar-refractivity contribution >= 4 is 49.6 Å². The summed E-state index contributed by atoms with van der Waals surface area (Å²) in [6.07, 6.45) is 0.758. The number of hydrogen-bond donors (Lipinski definition) is 3. The summed E-state index contributed by atoms with van der Waals surface area (Å²) in [7, 11) is 0. The number of halogens is 2. The number of anilines is 1. The molecule has 0 radical (unpaired) electrons. The molecule has 0 heterocycles. The summed E-state index contributed by atoms with van der Waals surface area (Å²) in [4.78, 5) is 23.1. The standard InChI is InChI=1S/C19H17Br2NO5/c1-11(2-9-17(24)25)18(15-10-13(21)5-8-16(15)23)27-19(26)22-14-6-3-12(20)4-7-14/h2-11,18,23H,1H3,(H,22,26)(H,24,25)/b9-2+/t11-,18+/m1/s1. The number of carboxylic acids is 1. The average molecular weight is 499 g/mol. The largest absolute Gasteiger partial charge is 0.508 e. The molecule has 0 saturated carbocycles. The van der Waals surface area contributed by atoms with Crippen LogP contribution < -0.4 is 5.32 Å². The number of carbonyl (C=O) groups excluding carboxylic acids is 1. The topological polar surface area (TPSA) is 95.9 Å². The maximum absolute atomic E-state index is 12.3. The Balaban J connectivity index is 2.25. The summed E-state index contributed by atoms with van der Waals surface area (Å²) >= 11 is 6.63. The van der Waals surface area contributed by atoms with Gasteiger partial charge in [-0.2, -0.15) is 0 Å². The Bertz CT molecular complexity index is 852. The van der Waals surface area contributed by atoms with Crippen LogP contribution in [0.25, 0.3) is 0 Å². The van der Waals surface area contributed by atoms with Gasteiger partial charge in [0, 0.05) is 32.2 Å². The van der Waals surface area contributed by atoms with Gasteiger partial charge in [-0.25, -0.2) is 9.59 Å². The van der Waals surface area contributed by atoms with Gasteiger partial charge in [-0.3, -0.25) is 5.32 Å². The number of carboxylic acid groups (broad SMARTS) is 1. The van der Waals surface area contributed by atoms with Gasteiger partial charge in [0.2, 0.25) is 0 Å². The number of amides is 1. The summed E-state index contributed by atoms with van der Waals surface area (Å²) in [5.41, 5.74) is 0.895. The molecular formula is C19H17Br2NO5. The van der Waals surface area contributed by atoms with E-state index < -0.39 is 24.1 Å². The Morgan fingerprint density at radius 2 is 1.74 bits per heavy atom. The second-order valence-corrected chi connectivity index (χ2v) is 7.55. The molecule has 0 spiro atoms. The monoisotopic (exact) mass is 497 g/mol. The minimum absolute atomic E-state index is 0.0600. The molecule has 8 heteroatoms. The number of nitrogens with one attached hydrogen (secondary N) is 1. The van der Waals surface area contributed by atoms with Gasteiger partial charge in [-0.1, -0.05) is 44.9 Å². The Hall–Kier alpha value is -2.32. The predicted molar refractivity (Wildman–Crippen MR) is 109 cm³/mol. The van der Waals surface area contributed by atoms with Crippen molar-refractivity contribution < 1.29 is 24.5 Å². The Morgan fingerprint density at radius 1 is 1.11 bits per heavy atom. The third-order valence-corrected chi connectivity index (χ3v) is 4.66. The van der Waals surface area contributed by atoms with Crippen LogP contribution in [0, 0.1) is 5.92 Å². The molecule has 2 aromatic rings. The first-order valence-corrected chi connectivity index (χ1v) is 9.47. The summed E-state index contributed by atoms with van der Waals surface area (Å²) in [6.45, 7) is 1.69. The summed E-state index contributed by atoms with van der Waals surface area (Å²) < 4.78 is 7.07. The molecule has 0 aliphatic carbocycles. The zero-order chi connectivity index (χ0) is 20.0. The molecule has 1 amide bonds. The van der Waals surface area contributed by atoms with Gasteiger partial charge < -0.3 is 14.9 Å². The lowest BCUT2D eigenvalue weighted by Crippen LogP contribution is -2.21. The van der Waals surface area contributed by atoms with Crippen LogP contribution in [0.15, 0.2) is 63.6 Å². The van der Waals surface area contributed by atoms with Crippen molar-refractivity contribution in [3.8, 4) is 5.75 Å². The second-order valence-electron chi connectivity index (χ2n) is 5.72. The van der Waals surface area contributed by atoms with E-state index in [9.17, 15) is 14.7 Å². The van der Waals surface area contributed by atoms with E-state index in [2.05, 4.69) is 37.2 Å². The van der Waals surface area contributed by atoms with Crippen molar-refractivity contribution in [3.05, 3.63) is 69.1 Å². The van der Waals surface area contributed by atoms with E-state index in [-0.39, 0.29) is 5.75 Å². The van der Waals surface area contributed by atoms with Crippen molar-refractivity contribution in [1.82, 2.24) is 0 Å². The lowest BCUT2D eigenvalue weighted by molar-refractivity contribution is -0.131. The fraction of sp³-hybridized carbons (Fsp3) is 0.158. The highest BCUT2D eigenvalue weighted by molar-refractivity contribution is 9.10. The van der Waals surface area contributed by atoms with E-state index in [1.54, 1.807) is 43.3 Å². The van der Waals surface area contributed by atoms with E-state index in [4.69, 9.17) is 9.84 Å². The van der Waals surface area contributed by atoms with Gasteiger partial charge >= 0.3 is 12.1 Å². The van der Waals surface area contributed by atoms with E-state index in [1.807, 2.05) is 0 Å². The maximum Gasteiger partial charge on any atom is 0.412 e. The molecule has 0 aliphatic heterocycles. The van der Waals surface area contributed by atoms with Crippen LogP contribution in [0.1, 0.15) is 18.6 Å². The van der Waals surface area contributed by atoms with E-state index in [1.165, 1.54) is 12.1 Å². The second kappa shape index (κ2) is 9.57. The Morgan fingerprint density at radius 3 is 2.37 bits per heavy atom. The normalized spacial score (nSPS) is 13.1. The van der Waals surface area contributed by atoms with Crippen molar-refractivity contribution in [2.24, 2.45) is 5.92 Å². The number of hydrogen-bond acceptors (Lipinski definition) is 4. The summed E-state index contributed by atoms with van der Waals surface area (Å²) in [5, 5.41) is 21.6. The molecule has 0 bridgehead atoms. The first kappa shape index (κ1) is 21.0. The number of benzene rings is 2. The number of ether oxygens (including phenoxy) is 1. The van der Waals surface area contributed by atoms with Crippen LogP contribution in [-0.2, 0) is 9.53 Å². The number of phenols is 1. The minimum atomic E-state index is -1.11. The zero-order valence-corrected chi connectivity index (χ0v) is 17.4.